The molecule has 8 heteroatoms. The summed E-state index contributed by atoms with van der Waals surface area (Å²) in [5, 5.41) is 7.36. The molecule has 0 aromatic carbocycles. The second kappa shape index (κ2) is 4.81. The first-order valence-corrected chi connectivity index (χ1v) is 6.82. The minimum atomic E-state index is 0.198. The first-order valence-electron chi connectivity index (χ1n) is 5.67. The van der Waals surface area contributed by atoms with E-state index in [4.69, 9.17) is 5.73 Å². The fourth-order valence-electron chi connectivity index (χ4n) is 1.77. The van der Waals surface area contributed by atoms with Gasteiger partial charge >= 0.3 is 0 Å². The van der Waals surface area contributed by atoms with Crippen LogP contribution in [0.15, 0.2) is 18.5 Å². The predicted octanol–water partition coefficient (Wildman–Crippen LogP) is 0.557. The van der Waals surface area contributed by atoms with Gasteiger partial charge in [0, 0.05) is 24.2 Å². The highest BCUT2D eigenvalue weighted by atomic mass is 32.2. The van der Waals surface area contributed by atoms with Gasteiger partial charge < -0.3 is 11.1 Å². The zero-order valence-corrected chi connectivity index (χ0v) is 10.5. The van der Waals surface area contributed by atoms with Crippen molar-refractivity contribution in [3.05, 3.63) is 18.5 Å². The first kappa shape index (κ1) is 11.3. The number of aromatic nitrogens is 5. The van der Waals surface area contributed by atoms with Gasteiger partial charge in [0.05, 0.1) is 0 Å². The molecular weight excluding hydrogens is 250 g/mol. The van der Waals surface area contributed by atoms with Crippen LogP contribution in [-0.2, 0) is 0 Å². The van der Waals surface area contributed by atoms with Gasteiger partial charge in [0.1, 0.15) is 0 Å². The van der Waals surface area contributed by atoms with Gasteiger partial charge in [0.2, 0.25) is 11.9 Å². The third-order valence-electron chi connectivity index (χ3n) is 2.61. The van der Waals surface area contributed by atoms with Crippen LogP contribution in [0.3, 0.4) is 0 Å². The Kier molecular flexibility index (Phi) is 3.01. The van der Waals surface area contributed by atoms with Gasteiger partial charge in [-0.2, -0.15) is 31.8 Å². The molecule has 18 heavy (non-hydrogen) atoms. The average Bonchev–Trinajstić information content (AvgIpc) is 3.00. The van der Waals surface area contributed by atoms with Gasteiger partial charge in [0.25, 0.3) is 5.95 Å². The maximum absolute atomic E-state index is 5.69. The molecule has 2 aromatic heterocycles. The number of hydrogen-bond acceptors (Lipinski definition) is 7. The van der Waals surface area contributed by atoms with Crippen LogP contribution in [0.25, 0.3) is 5.95 Å². The summed E-state index contributed by atoms with van der Waals surface area (Å²) in [6, 6.07) is 2.21. The molecular formula is C10H13N7S. The van der Waals surface area contributed by atoms with Crippen molar-refractivity contribution in [3.8, 4) is 5.95 Å². The second-order valence-corrected chi connectivity index (χ2v) is 5.12. The molecule has 2 aromatic rings. The Hall–Kier alpha value is -1.83. The summed E-state index contributed by atoms with van der Waals surface area (Å²) in [6.07, 6.45) is 4.55. The molecule has 1 atom stereocenters. The fourth-order valence-corrected chi connectivity index (χ4v) is 2.92. The first-order chi connectivity index (χ1) is 8.81. The maximum atomic E-state index is 5.69. The molecule has 1 aliphatic heterocycles. The molecule has 94 valence electrons. The van der Waals surface area contributed by atoms with E-state index < -0.39 is 0 Å². The number of hydrogen-bond donors (Lipinski definition) is 2. The molecule has 0 radical (unpaired) electrons. The highest BCUT2D eigenvalue weighted by Gasteiger charge is 2.17. The van der Waals surface area contributed by atoms with E-state index >= 15 is 0 Å². The Morgan fingerprint density at radius 3 is 3.06 bits per heavy atom. The summed E-state index contributed by atoms with van der Waals surface area (Å²) >= 11 is 1.93. The second-order valence-electron chi connectivity index (χ2n) is 3.97. The van der Waals surface area contributed by atoms with E-state index in [0.717, 1.165) is 12.2 Å². The van der Waals surface area contributed by atoms with Crippen molar-refractivity contribution in [3.63, 3.8) is 0 Å². The van der Waals surface area contributed by atoms with E-state index in [1.165, 1.54) is 5.75 Å². The Morgan fingerprint density at radius 2 is 2.33 bits per heavy atom. The smallest absolute Gasteiger partial charge is 0.257 e. The summed E-state index contributed by atoms with van der Waals surface area (Å²) in [6.45, 7) is 0. The van der Waals surface area contributed by atoms with Crippen LogP contribution in [0.5, 0.6) is 0 Å². The van der Waals surface area contributed by atoms with Crippen molar-refractivity contribution in [1.82, 2.24) is 24.7 Å². The SMILES string of the molecule is Nc1nc(NC2CCSC2)nc(-n2cccn2)n1. The van der Waals surface area contributed by atoms with Crippen molar-refractivity contribution >= 4 is 23.7 Å². The van der Waals surface area contributed by atoms with Crippen molar-refractivity contribution < 1.29 is 0 Å². The quantitative estimate of drug-likeness (QED) is 0.835. The van der Waals surface area contributed by atoms with Crippen LogP contribution in [0, 0.1) is 0 Å². The molecule has 1 fully saturated rings. The maximum Gasteiger partial charge on any atom is 0.257 e. The fraction of sp³-hybridized carbons (Fsp3) is 0.400. The highest BCUT2D eigenvalue weighted by Crippen LogP contribution is 2.20. The molecule has 3 heterocycles. The number of anilines is 2. The normalized spacial score (nSPS) is 19.0. The zero-order chi connectivity index (χ0) is 12.4. The van der Waals surface area contributed by atoms with Crippen LogP contribution in [-0.4, -0.2) is 42.3 Å². The van der Waals surface area contributed by atoms with Crippen LogP contribution >= 0.6 is 11.8 Å². The van der Waals surface area contributed by atoms with Gasteiger partial charge in [-0.15, -0.1) is 0 Å². The summed E-state index contributed by atoms with van der Waals surface area (Å²) in [4.78, 5) is 12.5. The summed E-state index contributed by atoms with van der Waals surface area (Å²) in [7, 11) is 0. The number of nitrogen functional groups attached to an aromatic ring is 1. The Labute approximate surface area is 108 Å². The van der Waals surface area contributed by atoms with E-state index in [2.05, 4.69) is 25.4 Å². The molecule has 0 bridgehead atoms. The number of rotatable bonds is 3. The van der Waals surface area contributed by atoms with Crippen molar-refractivity contribution in [2.75, 3.05) is 22.6 Å². The van der Waals surface area contributed by atoms with Gasteiger partial charge in [-0.05, 0) is 18.2 Å². The largest absolute Gasteiger partial charge is 0.368 e. The number of nitrogens with two attached hydrogens (primary N) is 1. The standard InChI is InChI=1S/C10H13N7S/c11-8-14-9(13-7-2-5-18-6-7)16-10(15-8)17-4-1-3-12-17/h1,3-4,7H,2,5-6H2,(H3,11,13,14,15,16). The lowest BCUT2D eigenvalue weighted by atomic mass is 10.3. The lowest BCUT2D eigenvalue weighted by molar-refractivity contribution is 0.770. The molecule has 1 saturated heterocycles. The van der Waals surface area contributed by atoms with Crippen LogP contribution in [0.4, 0.5) is 11.9 Å². The summed E-state index contributed by atoms with van der Waals surface area (Å²) in [5.74, 6) is 3.39. The van der Waals surface area contributed by atoms with E-state index in [9.17, 15) is 0 Å². The number of thioether (sulfide) groups is 1. The third-order valence-corrected chi connectivity index (χ3v) is 3.78. The molecule has 3 rings (SSSR count). The molecule has 1 unspecified atom stereocenters. The molecule has 0 amide bonds. The highest BCUT2D eigenvalue weighted by molar-refractivity contribution is 7.99. The molecule has 3 N–H and O–H groups in total. The monoisotopic (exact) mass is 263 g/mol. The molecule has 0 aliphatic carbocycles. The Balaban J connectivity index is 1.86. The molecule has 1 aliphatic rings. The Morgan fingerprint density at radius 1 is 1.39 bits per heavy atom. The van der Waals surface area contributed by atoms with Crippen molar-refractivity contribution in [2.45, 2.75) is 12.5 Å². The predicted molar refractivity (Wildman–Crippen MR) is 70.7 cm³/mol. The van der Waals surface area contributed by atoms with E-state index in [-0.39, 0.29) is 5.95 Å². The van der Waals surface area contributed by atoms with Crippen LogP contribution in [0.2, 0.25) is 0 Å². The van der Waals surface area contributed by atoms with Gasteiger partial charge in [-0.25, -0.2) is 4.68 Å². The minimum absolute atomic E-state index is 0.198. The number of nitrogens with one attached hydrogen (secondary N) is 1. The van der Waals surface area contributed by atoms with E-state index in [1.807, 2.05) is 11.8 Å². The summed E-state index contributed by atoms with van der Waals surface area (Å²) < 4.78 is 1.56. The molecule has 7 nitrogen and oxygen atoms in total. The topological polar surface area (TPSA) is 94.5 Å². The zero-order valence-electron chi connectivity index (χ0n) is 9.65. The van der Waals surface area contributed by atoms with Gasteiger partial charge in [-0.1, -0.05) is 0 Å². The van der Waals surface area contributed by atoms with Gasteiger partial charge in [0.15, 0.2) is 0 Å². The third kappa shape index (κ3) is 2.37. The Bertz CT molecular complexity index is 521. The minimum Gasteiger partial charge on any atom is -0.368 e. The van der Waals surface area contributed by atoms with E-state index in [0.29, 0.717) is 17.9 Å². The molecule has 0 spiro atoms. The lowest BCUT2D eigenvalue weighted by Crippen LogP contribution is -2.21. The summed E-state index contributed by atoms with van der Waals surface area (Å²) in [5.41, 5.74) is 5.69. The molecule has 0 saturated carbocycles. The van der Waals surface area contributed by atoms with E-state index in [1.54, 1.807) is 23.1 Å². The lowest BCUT2D eigenvalue weighted by Gasteiger charge is -2.11. The van der Waals surface area contributed by atoms with Crippen molar-refractivity contribution in [1.29, 1.82) is 0 Å². The van der Waals surface area contributed by atoms with Crippen molar-refractivity contribution in [2.24, 2.45) is 0 Å². The van der Waals surface area contributed by atoms with Crippen LogP contribution < -0.4 is 11.1 Å². The van der Waals surface area contributed by atoms with Gasteiger partial charge in [-0.3, -0.25) is 0 Å². The average molecular weight is 263 g/mol. The van der Waals surface area contributed by atoms with Crippen LogP contribution in [0.1, 0.15) is 6.42 Å². The number of nitrogens with zero attached hydrogens (tertiary/aromatic N) is 5.